The van der Waals surface area contributed by atoms with Gasteiger partial charge in [0.25, 0.3) is 0 Å². The first-order valence-electron chi connectivity index (χ1n) is 9.29. The Balaban J connectivity index is 1.38. The van der Waals surface area contributed by atoms with Crippen LogP contribution >= 0.6 is 0 Å². The molecule has 0 saturated carbocycles. The number of nitrogens with zero attached hydrogens (tertiary/aromatic N) is 4. The van der Waals surface area contributed by atoms with Gasteiger partial charge >= 0.3 is 0 Å². The second-order valence-electron chi connectivity index (χ2n) is 7.13. The van der Waals surface area contributed by atoms with Crippen LogP contribution in [0.4, 0.5) is 4.39 Å². The molecular weight excluding hydrogens is 335 g/mol. The fourth-order valence-electron chi connectivity index (χ4n) is 3.82. The SMILES string of the molecule is O=C(C1CCCN(Cc2nc(-c3ccc(F)cc3)no2)C1)N1CCCC1. The van der Waals surface area contributed by atoms with E-state index in [9.17, 15) is 9.18 Å². The van der Waals surface area contributed by atoms with E-state index in [1.165, 1.54) is 12.1 Å². The smallest absolute Gasteiger partial charge is 0.241 e. The van der Waals surface area contributed by atoms with Gasteiger partial charge in [0.15, 0.2) is 0 Å². The first kappa shape index (κ1) is 17.1. The van der Waals surface area contributed by atoms with Crippen molar-refractivity contribution >= 4 is 5.91 Å². The van der Waals surface area contributed by atoms with Gasteiger partial charge in [-0.2, -0.15) is 4.98 Å². The molecule has 7 heteroatoms. The third-order valence-corrected chi connectivity index (χ3v) is 5.20. The molecule has 2 saturated heterocycles. The van der Waals surface area contributed by atoms with E-state index in [1.54, 1.807) is 12.1 Å². The van der Waals surface area contributed by atoms with Gasteiger partial charge < -0.3 is 9.42 Å². The van der Waals surface area contributed by atoms with Crippen molar-refractivity contribution in [3.63, 3.8) is 0 Å². The van der Waals surface area contributed by atoms with Crippen LogP contribution in [0.25, 0.3) is 11.4 Å². The highest BCUT2D eigenvalue weighted by molar-refractivity contribution is 5.79. The van der Waals surface area contributed by atoms with E-state index in [0.29, 0.717) is 24.2 Å². The highest BCUT2D eigenvalue weighted by Gasteiger charge is 2.31. The maximum Gasteiger partial charge on any atom is 0.241 e. The number of carbonyl (C=O) groups is 1. The molecule has 1 aromatic heterocycles. The summed E-state index contributed by atoms with van der Waals surface area (Å²) < 4.78 is 18.4. The summed E-state index contributed by atoms with van der Waals surface area (Å²) in [5, 5.41) is 3.99. The molecule has 0 aliphatic carbocycles. The van der Waals surface area contributed by atoms with E-state index >= 15 is 0 Å². The maximum absolute atomic E-state index is 13.0. The Labute approximate surface area is 152 Å². The highest BCUT2D eigenvalue weighted by atomic mass is 19.1. The molecule has 2 aliphatic rings. The van der Waals surface area contributed by atoms with Crippen LogP contribution in [-0.4, -0.2) is 52.0 Å². The molecule has 1 aromatic carbocycles. The van der Waals surface area contributed by atoms with E-state index < -0.39 is 0 Å². The van der Waals surface area contributed by atoms with Gasteiger partial charge in [0.2, 0.25) is 17.6 Å². The lowest BCUT2D eigenvalue weighted by molar-refractivity contribution is -0.136. The molecule has 0 radical (unpaired) electrons. The van der Waals surface area contributed by atoms with Crippen LogP contribution in [0.2, 0.25) is 0 Å². The predicted octanol–water partition coefficient (Wildman–Crippen LogP) is 2.71. The molecule has 0 spiro atoms. The number of likely N-dealkylation sites (tertiary alicyclic amines) is 2. The van der Waals surface area contributed by atoms with Crippen LogP contribution in [0.5, 0.6) is 0 Å². The zero-order chi connectivity index (χ0) is 17.9. The van der Waals surface area contributed by atoms with Gasteiger partial charge in [0.1, 0.15) is 5.82 Å². The van der Waals surface area contributed by atoms with Crippen molar-refractivity contribution in [3.8, 4) is 11.4 Å². The molecule has 1 atom stereocenters. The van der Waals surface area contributed by atoms with E-state index in [0.717, 1.165) is 57.4 Å². The first-order valence-corrected chi connectivity index (χ1v) is 9.29. The number of amides is 1. The van der Waals surface area contributed by atoms with Gasteiger partial charge in [-0.15, -0.1) is 0 Å². The van der Waals surface area contributed by atoms with Crippen molar-refractivity contribution in [1.82, 2.24) is 19.9 Å². The Bertz CT molecular complexity index is 755. The van der Waals surface area contributed by atoms with E-state index in [2.05, 4.69) is 15.0 Å². The molecule has 2 aromatic rings. The third-order valence-electron chi connectivity index (χ3n) is 5.20. The lowest BCUT2D eigenvalue weighted by atomic mass is 9.96. The molecule has 1 amide bonds. The fourth-order valence-corrected chi connectivity index (χ4v) is 3.82. The van der Waals surface area contributed by atoms with Gasteiger partial charge in [0, 0.05) is 25.2 Å². The average Bonchev–Trinajstić information content (AvgIpc) is 3.34. The molecular formula is C19H23FN4O2. The van der Waals surface area contributed by atoms with Crippen LogP contribution in [-0.2, 0) is 11.3 Å². The van der Waals surface area contributed by atoms with Crippen LogP contribution in [0, 0.1) is 11.7 Å². The lowest BCUT2D eigenvalue weighted by Gasteiger charge is -2.33. The molecule has 0 bridgehead atoms. The van der Waals surface area contributed by atoms with Crippen molar-refractivity contribution in [2.45, 2.75) is 32.2 Å². The quantitative estimate of drug-likeness (QED) is 0.841. The van der Waals surface area contributed by atoms with Gasteiger partial charge in [-0.25, -0.2) is 4.39 Å². The average molecular weight is 358 g/mol. The Hall–Kier alpha value is -2.28. The third kappa shape index (κ3) is 3.77. The molecule has 4 rings (SSSR count). The van der Waals surface area contributed by atoms with Crippen molar-refractivity contribution in [2.75, 3.05) is 26.2 Å². The number of piperidine rings is 1. The zero-order valence-electron chi connectivity index (χ0n) is 14.7. The number of benzene rings is 1. The summed E-state index contributed by atoms with van der Waals surface area (Å²) in [6, 6.07) is 6.03. The normalized spacial score (nSPS) is 21.3. The first-order chi connectivity index (χ1) is 12.7. The minimum Gasteiger partial charge on any atom is -0.342 e. The van der Waals surface area contributed by atoms with Crippen molar-refractivity contribution in [3.05, 3.63) is 36.0 Å². The predicted molar refractivity (Wildman–Crippen MR) is 93.5 cm³/mol. The largest absolute Gasteiger partial charge is 0.342 e. The van der Waals surface area contributed by atoms with E-state index in [4.69, 9.17) is 4.52 Å². The Morgan fingerprint density at radius 1 is 1.15 bits per heavy atom. The van der Waals surface area contributed by atoms with Crippen LogP contribution < -0.4 is 0 Å². The minimum absolute atomic E-state index is 0.0707. The summed E-state index contributed by atoms with van der Waals surface area (Å²) in [6.45, 7) is 4.01. The van der Waals surface area contributed by atoms with E-state index in [1.807, 2.05) is 4.90 Å². The summed E-state index contributed by atoms with van der Waals surface area (Å²) in [7, 11) is 0. The molecule has 1 unspecified atom stereocenters. The maximum atomic E-state index is 13.0. The Morgan fingerprint density at radius 3 is 2.69 bits per heavy atom. The second-order valence-corrected chi connectivity index (χ2v) is 7.13. The van der Waals surface area contributed by atoms with Crippen molar-refractivity contribution in [2.24, 2.45) is 5.92 Å². The molecule has 3 heterocycles. The van der Waals surface area contributed by atoms with Gasteiger partial charge in [-0.3, -0.25) is 9.69 Å². The van der Waals surface area contributed by atoms with Crippen LogP contribution in [0.3, 0.4) is 0 Å². The van der Waals surface area contributed by atoms with Gasteiger partial charge in [0.05, 0.1) is 12.5 Å². The molecule has 6 nitrogen and oxygen atoms in total. The summed E-state index contributed by atoms with van der Waals surface area (Å²) in [6.07, 6.45) is 4.20. The number of halogens is 1. The molecule has 138 valence electrons. The highest BCUT2D eigenvalue weighted by Crippen LogP contribution is 2.23. The molecule has 2 aliphatic heterocycles. The monoisotopic (exact) mass is 358 g/mol. The van der Waals surface area contributed by atoms with Crippen LogP contribution in [0.15, 0.2) is 28.8 Å². The molecule has 26 heavy (non-hydrogen) atoms. The number of hydrogen-bond acceptors (Lipinski definition) is 5. The second kappa shape index (κ2) is 7.53. The summed E-state index contributed by atoms with van der Waals surface area (Å²) in [5.74, 6) is 1.06. The van der Waals surface area contributed by atoms with Gasteiger partial charge in [-0.1, -0.05) is 5.16 Å². The van der Waals surface area contributed by atoms with Gasteiger partial charge in [-0.05, 0) is 56.5 Å². The molecule has 2 fully saturated rings. The summed E-state index contributed by atoms with van der Waals surface area (Å²) in [5.41, 5.74) is 0.724. The summed E-state index contributed by atoms with van der Waals surface area (Å²) in [4.78, 5) is 21.3. The zero-order valence-corrected chi connectivity index (χ0v) is 14.7. The van der Waals surface area contributed by atoms with Crippen LogP contribution in [0.1, 0.15) is 31.6 Å². The van der Waals surface area contributed by atoms with E-state index in [-0.39, 0.29) is 11.7 Å². The minimum atomic E-state index is -0.292. The summed E-state index contributed by atoms with van der Waals surface area (Å²) >= 11 is 0. The lowest BCUT2D eigenvalue weighted by Crippen LogP contribution is -2.43. The fraction of sp³-hybridized carbons (Fsp3) is 0.526. The molecule has 0 N–H and O–H groups in total. The van der Waals surface area contributed by atoms with Crippen molar-refractivity contribution < 1.29 is 13.7 Å². The number of rotatable bonds is 4. The number of hydrogen-bond donors (Lipinski definition) is 0. The Kier molecular flexibility index (Phi) is 4.97. The van der Waals surface area contributed by atoms with Crippen molar-refractivity contribution in [1.29, 1.82) is 0 Å². The Morgan fingerprint density at radius 2 is 1.92 bits per heavy atom. The number of aromatic nitrogens is 2. The standard InChI is InChI=1S/C19H23FN4O2/c20-16-7-5-14(6-8-16)18-21-17(26-22-18)13-23-9-3-4-15(12-23)19(25)24-10-1-2-11-24/h5-8,15H,1-4,9-13H2. The number of carbonyl (C=O) groups excluding carboxylic acids is 1. The topological polar surface area (TPSA) is 62.5 Å².